The van der Waals surface area contributed by atoms with Gasteiger partial charge in [-0.15, -0.1) is 0 Å². The summed E-state index contributed by atoms with van der Waals surface area (Å²) in [5.41, 5.74) is 0. The second-order valence-corrected chi connectivity index (χ2v) is 2.45. The molecule has 0 saturated heterocycles. The molecule has 0 rings (SSSR count). The Morgan fingerprint density at radius 3 is 2.58 bits per heavy atom. The van der Waals surface area contributed by atoms with E-state index in [2.05, 4.69) is 17.6 Å². The van der Waals surface area contributed by atoms with Crippen molar-refractivity contribution in [1.29, 1.82) is 0 Å². The fraction of sp³-hybridized carbons (Fsp3) is 0.875. The molecule has 0 heterocycles. The number of nitrogens with one attached hydrogen (secondary N) is 2. The highest BCUT2D eigenvalue weighted by Gasteiger charge is 1.90. The SMILES string of the molecule is CCNCCOCCNC(C)=O. The fourth-order valence-electron chi connectivity index (χ4n) is 0.722. The molecule has 0 bridgehead atoms. The maximum absolute atomic E-state index is 10.4. The van der Waals surface area contributed by atoms with Crippen molar-refractivity contribution >= 4 is 5.91 Å². The zero-order valence-electron chi connectivity index (χ0n) is 7.85. The second kappa shape index (κ2) is 8.49. The van der Waals surface area contributed by atoms with Crippen LogP contribution in [0.5, 0.6) is 0 Å². The Labute approximate surface area is 73.7 Å². The topological polar surface area (TPSA) is 50.4 Å². The van der Waals surface area contributed by atoms with Crippen LogP contribution in [0.3, 0.4) is 0 Å². The van der Waals surface area contributed by atoms with Gasteiger partial charge in [0.05, 0.1) is 13.2 Å². The molecule has 0 aliphatic heterocycles. The summed E-state index contributed by atoms with van der Waals surface area (Å²) in [7, 11) is 0. The van der Waals surface area contributed by atoms with E-state index in [0.29, 0.717) is 19.8 Å². The highest BCUT2D eigenvalue weighted by atomic mass is 16.5. The second-order valence-electron chi connectivity index (χ2n) is 2.45. The number of hydrogen-bond acceptors (Lipinski definition) is 3. The van der Waals surface area contributed by atoms with E-state index >= 15 is 0 Å². The van der Waals surface area contributed by atoms with Crippen LogP contribution in [0.4, 0.5) is 0 Å². The third-order valence-electron chi connectivity index (χ3n) is 1.29. The molecule has 0 aliphatic carbocycles. The average molecular weight is 174 g/mol. The van der Waals surface area contributed by atoms with Crippen molar-refractivity contribution in [3.63, 3.8) is 0 Å². The third-order valence-corrected chi connectivity index (χ3v) is 1.29. The number of hydrogen-bond donors (Lipinski definition) is 2. The first kappa shape index (κ1) is 11.4. The van der Waals surface area contributed by atoms with Crippen molar-refractivity contribution in [2.75, 3.05) is 32.8 Å². The fourth-order valence-corrected chi connectivity index (χ4v) is 0.722. The van der Waals surface area contributed by atoms with Gasteiger partial charge < -0.3 is 15.4 Å². The zero-order valence-corrected chi connectivity index (χ0v) is 7.85. The Hall–Kier alpha value is -0.610. The zero-order chi connectivity index (χ0) is 9.23. The van der Waals surface area contributed by atoms with Crippen molar-refractivity contribution < 1.29 is 9.53 Å². The van der Waals surface area contributed by atoms with Crippen molar-refractivity contribution in [2.24, 2.45) is 0 Å². The van der Waals surface area contributed by atoms with E-state index in [9.17, 15) is 4.79 Å². The molecule has 0 aromatic heterocycles. The standard InChI is InChI=1S/C8H18N2O2/c1-3-9-4-6-12-7-5-10-8(2)11/h9H,3-7H2,1-2H3,(H,10,11). The lowest BCUT2D eigenvalue weighted by Crippen LogP contribution is -2.26. The van der Waals surface area contributed by atoms with Crippen LogP contribution in [-0.4, -0.2) is 38.8 Å². The summed E-state index contributed by atoms with van der Waals surface area (Å²) in [6, 6.07) is 0. The molecule has 0 aliphatic rings. The van der Waals surface area contributed by atoms with Gasteiger partial charge in [0.15, 0.2) is 0 Å². The lowest BCUT2D eigenvalue weighted by molar-refractivity contribution is -0.119. The Balaban J connectivity index is 2.86. The van der Waals surface area contributed by atoms with Crippen LogP contribution >= 0.6 is 0 Å². The molecule has 0 spiro atoms. The van der Waals surface area contributed by atoms with Gasteiger partial charge in [0.25, 0.3) is 0 Å². The molecule has 0 radical (unpaired) electrons. The normalized spacial score (nSPS) is 9.83. The highest BCUT2D eigenvalue weighted by molar-refractivity contribution is 5.72. The lowest BCUT2D eigenvalue weighted by Gasteiger charge is -2.04. The van der Waals surface area contributed by atoms with Crippen LogP contribution in [-0.2, 0) is 9.53 Å². The number of amides is 1. The molecule has 0 aromatic carbocycles. The van der Waals surface area contributed by atoms with E-state index in [1.807, 2.05) is 0 Å². The van der Waals surface area contributed by atoms with E-state index in [1.54, 1.807) is 0 Å². The molecular weight excluding hydrogens is 156 g/mol. The van der Waals surface area contributed by atoms with E-state index in [1.165, 1.54) is 6.92 Å². The molecule has 0 atom stereocenters. The predicted molar refractivity (Wildman–Crippen MR) is 48.0 cm³/mol. The molecule has 0 fully saturated rings. The molecule has 4 heteroatoms. The summed E-state index contributed by atoms with van der Waals surface area (Å²) < 4.78 is 5.21. The summed E-state index contributed by atoms with van der Waals surface area (Å²) in [5.74, 6) is -0.00900. The van der Waals surface area contributed by atoms with E-state index < -0.39 is 0 Å². The van der Waals surface area contributed by atoms with Gasteiger partial charge in [-0.2, -0.15) is 0 Å². The van der Waals surface area contributed by atoms with Crippen molar-refractivity contribution in [3.8, 4) is 0 Å². The maximum atomic E-state index is 10.4. The number of carbonyl (C=O) groups is 1. The smallest absolute Gasteiger partial charge is 0.216 e. The first-order chi connectivity index (χ1) is 5.77. The van der Waals surface area contributed by atoms with Gasteiger partial charge in [-0.05, 0) is 6.54 Å². The van der Waals surface area contributed by atoms with Gasteiger partial charge in [-0.1, -0.05) is 6.92 Å². The summed E-state index contributed by atoms with van der Waals surface area (Å²) in [6.45, 7) is 7.28. The minimum absolute atomic E-state index is 0.00900. The predicted octanol–water partition coefficient (Wildman–Crippen LogP) is -0.251. The molecule has 72 valence electrons. The Bertz CT molecular complexity index is 118. The van der Waals surface area contributed by atoms with Crippen LogP contribution in [0, 0.1) is 0 Å². The molecule has 0 saturated carbocycles. The lowest BCUT2D eigenvalue weighted by atomic mass is 10.6. The molecule has 0 unspecified atom stereocenters. The monoisotopic (exact) mass is 174 g/mol. The molecule has 12 heavy (non-hydrogen) atoms. The number of carbonyl (C=O) groups excluding carboxylic acids is 1. The van der Waals surface area contributed by atoms with Gasteiger partial charge in [-0.3, -0.25) is 4.79 Å². The first-order valence-electron chi connectivity index (χ1n) is 4.30. The van der Waals surface area contributed by atoms with E-state index in [4.69, 9.17) is 4.74 Å². The molecule has 1 amide bonds. The Kier molecular flexibility index (Phi) is 8.05. The van der Waals surface area contributed by atoms with Crippen LogP contribution < -0.4 is 10.6 Å². The summed E-state index contributed by atoms with van der Waals surface area (Å²) in [6.07, 6.45) is 0. The maximum Gasteiger partial charge on any atom is 0.216 e. The molecule has 4 nitrogen and oxygen atoms in total. The van der Waals surface area contributed by atoms with E-state index in [0.717, 1.165) is 13.1 Å². The van der Waals surface area contributed by atoms with Gasteiger partial charge >= 0.3 is 0 Å². The molecule has 0 aromatic rings. The van der Waals surface area contributed by atoms with Crippen molar-refractivity contribution in [1.82, 2.24) is 10.6 Å². The third kappa shape index (κ3) is 9.39. The summed E-state index contributed by atoms with van der Waals surface area (Å²) >= 11 is 0. The van der Waals surface area contributed by atoms with Crippen LogP contribution in [0.15, 0.2) is 0 Å². The van der Waals surface area contributed by atoms with Crippen LogP contribution in [0.2, 0.25) is 0 Å². The van der Waals surface area contributed by atoms with Crippen molar-refractivity contribution in [2.45, 2.75) is 13.8 Å². The Morgan fingerprint density at radius 1 is 1.33 bits per heavy atom. The summed E-state index contributed by atoms with van der Waals surface area (Å²) in [4.78, 5) is 10.4. The Morgan fingerprint density at radius 2 is 2.00 bits per heavy atom. The van der Waals surface area contributed by atoms with Gasteiger partial charge in [0.2, 0.25) is 5.91 Å². The highest BCUT2D eigenvalue weighted by Crippen LogP contribution is 1.72. The quantitative estimate of drug-likeness (QED) is 0.523. The average Bonchev–Trinajstić information content (AvgIpc) is 2.02. The van der Waals surface area contributed by atoms with Crippen molar-refractivity contribution in [3.05, 3.63) is 0 Å². The number of likely N-dealkylation sites (N-methyl/N-ethyl adjacent to an activating group) is 1. The largest absolute Gasteiger partial charge is 0.378 e. The summed E-state index contributed by atoms with van der Waals surface area (Å²) in [5, 5.41) is 5.79. The number of ether oxygens (including phenoxy) is 1. The van der Waals surface area contributed by atoms with Crippen LogP contribution in [0.25, 0.3) is 0 Å². The van der Waals surface area contributed by atoms with Gasteiger partial charge in [0, 0.05) is 20.0 Å². The molecule has 2 N–H and O–H groups in total. The first-order valence-corrected chi connectivity index (χ1v) is 4.30. The van der Waals surface area contributed by atoms with E-state index in [-0.39, 0.29) is 5.91 Å². The van der Waals surface area contributed by atoms with Gasteiger partial charge in [0.1, 0.15) is 0 Å². The number of rotatable bonds is 7. The van der Waals surface area contributed by atoms with Crippen LogP contribution in [0.1, 0.15) is 13.8 Å². The minimum atomic E-state index is -0.00900. The van der Waals surface area contributed by atoms with Gasteiger partial charge in [-0.25, -0.2) is 0 Å². The minimum Gasteiger partial charge on any atom is -0.378 e. The molecular formula is C8H18N2O2.